The maximum absolute atomic E-state index is 5.18. The Hall–Kier alpha value is -7.49. The Balaban J connectivity index is 1.08. The predicted molar refractivity (Wildman–Crippen MR) is 234 cm³/mol. The Kier molecular flexibility index (Phi) is 7.71. The number of hydrogen-bond donors (Lipinski definition) is 0. The molecule has 1 aliphatic rings. The highest BCUT2D eigenvalue weighted by atomic mass is 15.0. The molecule has 1 aliphatic carbocycles. The first kappa shape index (κ1) is 32.9. The van der Waals surface area contributed by atoms with E-state index in [1.165, 1.54) is 38.9 Å². The average molecular weight is 726 g/mol. The summed E-state index contributed by atoms with van der Waals surface area (Å²) in [7, 11) is 0. The maximum Gasteiger partial charge on any atom is 0.164 e. The molecule has 0 amide bonds. The molecule has 0 atom stereocenters. The third kappa shape index (κ3) is 5.24. The molecule has 0 spiro atoms. The second-order valence-corrected chi connectivity index (χ2v) is 14.7. The highest BCUT2D eigenvalue weighted by molar-refractivity contribution is 5.98. The fraction of sp³-hybridized carbons (Fsp3) is 0.0185. The van der Waals surface area contributed by atoms with Crippen molar-refractivity contribution in [1.29, 1.82) is 0 Å². The molecular formula is C54H35N3. The van der Waals surface area contributed by atoms with Gasteiger partial charge in [-0.25, -0.2) is 15.0 Å². The summed E-state index contributed by atoms with van der Waals surface area (Å²) in [6, 6.07) is 75.9. The van der Waals surface area contributed by atoms with E-state index >= 15 is 0 Å². The third-order valence-corrected chi connectivity index (χ3v) is 11.6. The largest absolute Gasteiger partial charge is 0.208 e. The van der Waals surface area contributed by atoms with Gasteiger partial charge in [-0.15, -0.1) is 0 Å². The zero-order chi connectivity index (χ0) is 37.8. The standard InChI is InChI=1S/C54H35N3/c1-3-20-40(21-4-1)54(41-22-5-2-6-23-41)48-30-12-11-26-47(48)50-44(27-15-31-49(50)54)38-32-34-39(35-33-38)51-55-52(45-28-13-18-36-16-7-9-24-42(36)45)57-53(56-51)46-29-14-19-37-17-8-10-25-43(37)46/h1-35H. The van der Waals surface area contributed by atoms with Crippen LogP contribution in [0.5, 0.6) is 0 Å². The Morgan fingerprint density at radius 2 is 0.702 bits per heavy atom. The van der Waals surface area contributed by atoms with Crippen LogP contribution in [0.3, 0.4) is 0 Å². The van der Waals surface area contributed by atoms with Crippen LogP contribution in [0.2, 0.25) is 0 Å². The molecule has 0 aliphatic heterocycles. The van der Waals surface area contributed by atoms with Crippen molar-refractivity contribution in [3.05, 3.63) is 235 Å². The summed E-state index contributed by atoms with van der Waals surface area (Å²) in [5, 5.41) is 4.51. The number of nitrogens with zero attached hydrogens (tertiary/aromatic N) is 3. The average Bonchev–Trinajstić information content (AvgIpc) is 3.60. The summed E-state index contributed by atoms with van der Waals surface area (Å²) in [6.45, 7) is 0. The molecule has 266 valence electrons. The third-order valence-electron chi connectivity index (χ3n) is 11.6. The summed E-state index contributed by atoms with van der Waals surface area (Å²) in [5.74, 6) is 1.94. The van der Waals surface area contributed by atoms with Crippen LogP contribution in [0.1, 0.15) is 22.3 Å². The maximum atomic E-state index is 5.18. The molecule has 11 rings (SSSR count). The number of rotatable bonds is 6. The smallest absolute Gasteiger partial charge is 0.164 e. The lowest BCUT2D eigenvalue weighted by atomic mass is 9.67. The van der Waals surface area contributed by atoms with Gasteiger partial charge < -0.3 is 0 Å². The van der Waals surface area contributed by atoms with E-state index in [1.54, 1.807) is 0 Å². The van der Waals surface area contributed by atoms with E-state index in [1.807, 2.05) is 0 Å². The Bertz CT molecular complexity index is 2970. The second kappa shape index (κ2) is 13.4. The molecule has 3 heteroatoms. The van der Waals surface area contributed by atoms with Crippen molar-refractivity contribution >= 4 is 21.5 Å². The van der Waals surface area contributed by atoms with E-state index in [0.29, 0.717) is 17.5 Å². The fourth-order valence-electron chi connectivity index (χ4n) is 9.12. The van der Waals surface area contributed by atoms with Gasteiger partial charge in [0.05, 0.1) is 5.41 Å². The first-order chi connectivity index (χ1) is 28.3. The van der Waals surface area contributed by atoms with Gasteiger partial charge in [0.25, 0.3) is 0 Å². The number of aromatic nitrogens is 3. The Labute approximate surface area is 331 Å². The molecule has 0 saturated heterocycles. The minimum atomic E-state index is -0.453. The van der Waals surface area contributed by atoms with Crippen molar-refractivity contribution < 1.29 is 0 Å². The highest BCUT2D eigenvalue weighted by Gasteiger charge is 2.46. The number of fused-ring (bicyclic) bond motifs is 5. The molecule has 0 fully saturated rings. The first-order valence-corrected chi connectivity index (χ1v) is 19.4. The van der Waals surface area contributed by atoms with Crippen LogP contribution in [-0.4, -0.2) is 15.0 Å². The van der Waals surface area contributed by atoms with Gasteiger partial charge in [0.1, 0.15) is 0 Å². The van der Waals surface area contributed by atoms with E-state index in [9.17, 15) is 0 Å². The van der Waals surface area contributed by atoms with Gasteiger partial charge in [-0.2, -0.15) is 0 Å². The molecule has 1 heterocycles. The highest BCUT2D eigenvalue weighted by Crippen LogP contribution is 2.58. The molecular weight excluding hydrogens is 691 g/mol. The van der Waals surface area contributed by atoms with E-state index < -0.39 is 5.41 Å². The van der Waals surface area contributed by atoms with Crippen molar-refractivity contribution in [1.82, 2.24) is 15.0 Å². The molecule has 10 aromatic rings. The van der Waals surface area contributed by atoms with Gasteiger partial charge >= 0.3 is 0 Å². The minimum Gasteiger partial charge on any atom is -0.208 e. The van der Waals surface area contributed by atoms with Crippen molar-refractivity contribution in [3.63, 3.8) is 0 Å². The second-order valence-electron chi connectivity index (χ2n) is 14.7. The topological polar surface area (TPSA) is 38.7 Å². The molecule has 0 radical (unpaired) electrons. The van der Waals surface area contributed by atoms with E-state index in [0.717, 1.165) is 43.8 Å². The van der Waals surface area contributed by atoms with Gasteiger partial charge in [0, 0.05) is 16.7 Å². The molecule has 1 aromatic heterocycles. The van der Waals surface area contributed by atoms with Crippen LogP contribution >= 0.6 is 0 Å². The molecule has 0 N–H and O–H groups in total. The van der Waals surface area contributed by atoms with Crippen LogP contribution < -0.4 is 0 Å². The lowest BCUT2D eigenvalue weighted by Gasteiger charge is -2.34. The molecule has 0 saturated carbocycles. The Morgan fingerprint density at radius 1 is 0.281 bits per heavy atom. The molecule has 0 bridgehead atoms. The summed E-state index contributed by atoms with van der Waals surface area (Å²) in [6.07, 6.45) is 0. The summed E-state index contributed by atoms with van der Waals surface area (Å²) >= 11 is 0. The SMILES string of the molecule is c1ccc(C2(c3ccccc3)c3ccccc3-c3c(-c4ccc(-c5nc(-c6cccc7ccccc67)nc(-c6cccc7ccccc67)n5)cc4)cccc32)cc1. The molecule has 0 unspecified atom stereocenters. The fourth-order valence-corrected chi connectivity index (χ4v) is 9.12. The molecule has 3 nitrogen and oxygen atoms in total. The summed E-state index contributed by atoms with van der Waals surface area (Å²) in [5.41, 5.74) is 12.4. The van der Waals surface area contributed by atoms with Crippen LogP contribution in [0.4, 0.5) is 0 Å². The minimum absolute atomic E-state index is 0.453. The quantitative estimate of drug-likeness (QED) is 0.171. The van der Waals surface area contributed by atoms with Crippen LogP contribution in [0.15, 0.2) is 212 Å². The van der Waals surface area contributed by atoms with E-state index in [-0.39, 0.29) is 0 Å². The predicted octanol–water partition coefficient (Wildman–Crippen LogP) is 13.2. The zero-order valence-electron chi connectivity index (χ0n) is 31.0. The van der Waals surface area contributed by atoms with Crippen LogP contribution in [-0.2, 0) is 5.41 Å². The molecule has 9 aromatic carbocycles. The van der Waals surface area contributed by atoms with Crippen molar-refractivity contribution in [2.24, 2.45) is 0 Å². The Morgan fingerprint density at radius 3 is 1.32 bits per heavy atom. The van der Waals surface area contributed by atoms with Crippen LogP contribution in [0, 0.1) is 0 Å². The van der Waals surface area contributed by atoms with Gasteiger partial charge in [-0.3, -0.25) is 0 Å². The van der Waals surface area contributed by atoms with E-state index in [4.69, 9.17) is 15.0 Å². The lowest BCUT2D eigenvalue weighted by molar-refractivity contribution is 0.768. The van der Waals surface area contributed by atoms with Gasteiger partial charge in [0.2, 0.25) is 0 Å². The monoisotopic (exact) mass is 725 g/mol. The van der Waals surface area contributed by atoms with Crippen LogP contribution in [0.25, 0.3) is 78.0 Å². The number of benzene rings is 9. The van der Waals surface area contributed by atoms with Gasteiger partial charge in [-0.05, 0) is 66.1 Å². The van der Waals surface area contributed by atoms with Gasteiger partial charge in [0.15, 0.2) is 17.5 Å². The van der Waals surface area contributed by atoms with E-state index in [2.05, 4.69) is 212 Å². The number of hydrogen-bond acceptors (Lipinski definition) is 3. The normalized spacial score (nSPS) is 12.7. The zero-order valence-corrected chi connectivity index (χ0v) is 31.0. The summed E-state index contributed by atoms with van der Waals surface area (Å²) in [4.78, 5) is 15.5. The first-order valence-electron chi connectivity index (χ1n) is 19.4. The van der Waals surface area contributed by atoms with Crippen molar-refractivity contribution in [2.45, 2.75) is 5.41 Å². The van der Waals surface area contributed by atoms with Crippen molar-refractivity contribution in [2.75, 3.05) is 0 Å². The van der Waals surface area contributed by atoms with Crippen molar-refractivity contribution in [3.8, 4) is 56.4 Å². The summed E-state index contributed by atoms with van der Waals surface area (Å²) < 4.78 is 0. The lowest BCUT2D eigenvalue weighted by Crippen LogP contribution is -2.28. The molecule has 57 heavy (non-hydrogen) atoms. The van der Waals surface area contributed by atoms with Gasteiger partial charge in [-0.1, -0.05) is 212 Å².